The summed E-state index contributed by atoms with van der Waals surface area (Å²) < 4.78 is 14.9. The number of hydrogen-bond acceptors (Lipinski definition) is 6. The van der Waals surface area contributed by atoms with Gasteiger partial charge in [-0.1, -0.05) is 0 Å². The van der Waals surface area contributed by atoms with Crippen molar-refractivity contribution in [2.75, 3.05) is 13.2 Å². The molecule has 0 aromatic carbocycles. The molecular formula is C8H12O6. The lowest BCUT2D eigenvalue weighted by Crippen LogP contribution is -2.47. The lowest BCUT2D eigenvalue weighted by molar-refractivity contribution is -0.236. The van der Waals surface area contributed by atoms with Crippen molar-refractivity contribution in [1.82, 2.24) is 0 Å². The van der Waals surface area contributed by atoms with Gasteiger partial charge in [0.1, 0.15) is 18.8 Å². The fourth-order valence-corrected chi connectivity index (χ4v) is 1.81. The first-order chi connectivity index (χ1) is 6.53. The molecule has 4 atom stereocenters. The molecule has 6 heteroatoms. The Labute approximate surface area is 80.4 Å². The molecule has 2 heterocycles. The zero-order valence-corrected chi connectivity index (χ0v) is 7.67. The number of carbonyl (C=O) groups excluding carboxylic acids is 1. The molecule has 1 unspecified atom stereocenters. The summed E-state index contributed by atoms with van der Waals surface area (Å²) in [6, 6.07) is 0. The van der Waals surface area contributed by atoms with Gasteiger partial charge < -0.3 is 24.4 Å². The SMILES string of the molecule is CC(=O)O[C@@]1(O)COC2[C@@H](O)CO[C@@H]21. The number of aliphatic hydroxyl groups excluding tert-OH is 1. The van der Waals surface area contributed by atoms with E-state index in [2.05, 4.69) is 0 Å². The van der Waals surface area contributed by atoms with Crippen molar-refractivity contribution >= 4 is 5.97 Å². The van der Waals surface area contributed by atoms with Crippen LogP contribution in [-0.2, 0) is 19.0 Å². The van der Waals surface area contributed by atoms with Gasteiger partial charge in [-0.25, -0.2) is 0 Å². The molecule has 0 spiro atoms. The van der Waals surface area contributed by atoms with Gasteiger partial charge in [0.25, 0.3) is 5.79 Å². The molecular weight excluding hydrogens is 192 g/mol. The van der Waals surface area contributed by atoms with Crippen LogP contribution in [-0.4, -0.2) is 53.5 Å². The first-order valence-electron chi connectivity index (χ1n) is 4.36. The summed E-state index contributed by atoms with van der Waals surface area (Å²) in [6.45, 7) is 1.11. The number of esters is 1. The third-order valence-electron chi connectivity index (χ3n) is 2.37. The van der Waals surface area contributed by atoms with E-state index in [1.807, 2.05) is 0 Å². The van der Waals surface area contributed by atoms with Crippen molar-refractivity contribution in [2.45, 2.75) is 31.0 Å². The van der Waals surface area contributed by atoms with Crippen LogP contribution in [0.1, 0.15) is 6.92 Å². The summed E-state index contributed by atoms with van der Waals surface area (Å²) in [6.07, 6.45) is -2.18. The van der Waals surface area contributed by atoms with E-state index in [1.54, 1.807) is 0 Å². The van der Waals surface area contributed by atoms with Crippen molar-refractivity contribution in [3.63, 3.8) is 0 Å². The fourth-order valence-electron chi connectivity index (χ4n) is 1.81. The van der Waals surface area contributed by atoms with Crippen LogP contribution in [0.5, 0.6) is 0 Å². The minimum Gasteiger partial charge on any atom is -0.428 e. The molecule has 0 saturated carbocycles. The quantitative estimate of drug-likeness (QED) is 0.395. The van der Waals surface area contributed by atoms with Gasteiger partial charge in [-0.05, 0) is 0 Å². The summed E-state index contributed by atoms with van der Waals surface area (Å²) in [5.41, 5.74) is 0. The molecule has 0 radical (unpaired) electrons. The fraction of sp³-hybridized carbons (Fsp3) is 0.875. The van der Waals surface area contributed by atoms with Gasteiger partial charge in [0.05, 0.1) is 6.61 Å². The van der Waals surface area contributed by atoms with E-state index in [0.717, 1.165) is 0 Å². The monoisotopic (exact) mass is 204 g/mol. The van der Waals surface area contributed by atoms with Crippen molar-refractivity contribution in [2.24, 2.45) is 0 Å². The topological polar surface area (TPSA) is 85.2 Å². The highest BCUT2D eigenvalue weighted by Crippen LogP contribution is 2.34. The Morgan fingerprint density at radius 2 is 2.29 bits per heavy atom. The van der Waals surface area contributed by atoms with Gasteiger partial charge in [-0.2, -0.15) is 0 Å². The normalized spacial score (nSPS) is 46.4. The highest BCUT2D eigenvalue weighted by atomic mass is 16.7. The zero-order valence-electron chi connectivity index (χ0n) is 7.67. The van der Waals surface area contributed by atoms with Gasteiger partial charge in [-0.15, -0.1) is 0 Å². The largest absolute Gasteiger partial charge is 0.428 e. The van der Waals surface area contributed by atoms with Crippen LogP contribution in [0.2, 0.25) is 0 Å². The van der Waals surface area contributed by atoms with E-state index in [0.29, 0.717) is 0 Å². The maximum atomic E-state index is 10.7. The molecule has 2 aliphatic heterocycles. The van der Waals surface area contributed by atoms with Crippen molar-refractivity contribution in [3.8, 4) is 0 Å². The molecule has 0 bridgehead atoms. The molecule has 2 fully saturated rings. The first-order valence-corrected chi connectivity index (χ1v) is 4.36. The van der Waals surface area contributed by atoms with E-state index < -0.39 is 30.1 Å². The number of aliphatic hydroxyl groups is 2. The summed E-state index contributed by atoms with van der Waals surface area (Å²) in [5.74, 6) is -2.37. The van der Waals surface area contributed by atoms with E-state index in [9.17, 15) is 15.0 Å². The maximum absolute atomic E-state index is 10.7. The standard InChI is InChI=1S/C8H12O6/c1-4(9)14-8(11)3-13-6-5(10)2-12-7(6)8/h5-7,10-11H,2-3H2,1H3/t5-,6?,7-,8-/m0/s1. The minimum absolute atomic E-state index is 0.0823. The van der Waals surface area contributed by atoms with Crippen LogP contribution in [0, 0.1) is 0 Å². The molecule has 6 nitrogen and oxygen atoms in total. The highest BCUT2D eigenvalue weighted by Gasteiger charge is 2.58. The smallest absolute Gasteiger partial charge is 0.305 e. The van der Waals surface area contributed by atoms with Crippen LogP contribution >= 0.6 is 0 Å². The third-order valence-corrected chi connectivity index (χ3v) is 2.37. The highest BCUT2D eigenvalue weighted by molar-refractivity contribution is 5.66. The van der Waals surface area contributed by atoms with Crippen LogP contribution in [0.25, 0.3) is 0 Å². The molecule has 0 amide bonds. The van der Waals surface area contributed by atoms with E-state index >= 15 is 0 Å². The Kier molecular flexibility index (Phi) is 2.23. The van der Waals surface area contributed by atoms with Gasteiger partial charge in [0.2, 0.25) is 0 Å². The molecule has 0 aromatic heterocycles. The van der Waals surface area contributed by atoms with Crippen LogP contribution in [0.4, 0.5) is 0 Å². The van der Waals surface area contributed by atoms with Crippen molar-refractivity contribution < 1.29 is 29.2 Å². The van der Waals surface area contributed by atoms with Gasteiger partial charge >= 0.3 is 5.97 Å². The number of carbonyl (C=O) groups is 1. The average Bonchev–Trinajstić information content (AvgIpc) is 2.55. The second-order valence-electron chi connectivity index (χ2n) is 3.54. The molecule has 2 saturated heterocycles. The summed E-state index contributed by atoms with van der Waals surface area (Å²) in [5, 5.41) is 19.2. The second-order valence-corrected chi connectivity index (χ2v) is 3.54. The van der Waals surface area contributed by atoms with Crippen LogP contribution < -0.4 is 0 Å². The molecule has 14 heavy (non-hydrogen) atoms. The average molecular weight is 204 g/mol. The Balaban J connectivity index is 2.11. The van der Waals surface area contributed by atoms with Gasteiger partial charge in [-0.3, -0.25) is 4.79 Å². The van der Waals surface area contributed by atoms with Gasteiger partial charge in [0.15, 0.2) is 6.10 Å². The molecule has 2 rings (SSSR count). The lowest BCUT2D eigenvalue weighted by atomic mass is 10.1. The van der Waals surface area contributed by atoms with Crippen molar-refractivity contribution in [3.05, 3.63) is 0 Å². The van der Waals surface area contributed by atoms with Crippen molar-refractivity contribution in [1.29, 1.82) is 0 Å². The minimum atomic E-state index is -1.76. The first kappa shape index (κ1) is 9.85. The molecule has 2 N–H and O–H groups in total. The zero-order chi connectivity index (χ0) is 10.3. The number of ether oxygens (including phenoxy) is 3. The number of rotatable bonds is 1. The van der Waals surface area contributed by atoms with E-state index in [1.165, 1.54) is 6.92 Å². The Morgan fingerprint density at radius 1 is 1.57 bits per heavy atom. The Bertz CT molecular complexity index is 254. The molecule has 2 aliphatic rings. The summed E-state index contributed by atoms with van der Waals surface area (Å²) >= 11 is 0. The number of fused-ring (bicyclic) bond motifs is 1. The van der Waals surface area contributed by atoms with Crippen LogP contribution in [0.15, 0.2) is 0 Å². The van der Waals surface area contributed by atoms with Crippen LogP contribution in [0.3, 0.4) is 0 Å². The third kappa shape index (κ3) is 1.40. The Hall–Kier alpha value is -0.690. The molecule has 0 aliphatic carbocycles. The maximum Gasteiger partial charge on any atom is 0.305 e. The lowest BCUT2D eigenvalue weighted by Gasteiger charge is -2.25. The molecule has 0 aromatic rings. The predicted octanol–water partition coefficient (Wildman–Crippen LogP) is -1.60. The van der Waals surface area contributed by atoms with E-state index in [-0.39, 0.29) is 13.2 Å². The molecule has 80 valence electrons. The summed E-state index contributed by atoms with van der Waals surface area (Å²) in [4.78, 5) is 10.7. The second kappa shape index (κ2) is 3.16. The number of hydrogen-bond donors (Lipinski definition) is 2. The van der Waals surface area contributed by atoms with Gasteiger partial charge in [0, 0.05) is 6.92 Å². The van der Waals surface area contributed by atoms with E-state index in [4.69, 9.17) is 14.2 Å². The predicted molar refractivity (Wildman–Crippen MR) is 42.2 cm³/mol. The summed E-state index contributed by atoms with van der Waals surface area (Å²) in [7, 11) is 0. The Morgan fingerprint density at radius 3 is 2.93 bits per heavy atom.